The number of aryl methyl sites for hydroxylation is 1. The number of halogens is 1. The minimum atomic E-state index is -0.335. The third-order valence-corrected chi connectivity index (χ3v) is 2.20. The first-order valence-electron chi connectivity index (χ1n) is 4.13. The van der Waals surface area contributed by atoms with E-state index in [1.807, 2.05) is 13.0 Å². The van der Waals surface area contributed by atoms with Gasteiger partial charge < -0.3 is 5.32 Å². The standard InChI is InChI=1S/C9H11FN2/c1-6-4-7(8-2-3-11-8)9(10)12-5-6/h4-5,8,11H,2-3H2,1H3/t8-/m0/s1. The topological polar surface area (TPSA) is 24.9 Å². The zero-order valence-electron chi connectivity index (χ0n) is 6.97. The summed E-state index contributed by atoms with van der Waals surface area (Å²) in [6.07, 6.45) is 2.57. The van der Waals surface area contributed by atoms with Crippen LogP contribution in [0, 0.1) is 12.9 Å². The largest absolute Gasteiger partial charge is 0.310 e. The normalized spacial score (nSPS) is 22.0. The second kappa shape index (κ2) is 2.83. The Balaban J connectivity index is 2.34. The van der Waals surface area contributed by atoms with E-state index in [2.05, 4.69) is 10.3 Å². The van der Waals surface area contributed by atoms with Crippen molar-refractivity contribution in [3.8, 4) is 0 Å². The van der Waals surface area contributed by atoms with Gasteiger partial charge in [0.2, 0.25) is 5.95 Å². The molecule has 0 saturated carbocycles. The van der Waals surface area contributed by atoms with Crippen LogP contribution in [0.2, 0.25) is 0 Å². The summed E-state index contributed by atoms with van der Waals surface area (Å²) in [5.41, 5.74) is 1.72. The molecule has 1 aliphatic rings. The maximum absolute atomic E-state index is 13.1. The zero-order chi connectivity index (χ0) is 8.55. The van der Waals surface area contributed by atoms with Crippen LogP contribution in [-0.4, -0.2) is 11.5 Å². The van der Waals surface area contributed by atoms with E-state index in [-0.39, 0.29) is 12.0 Å². The highest BCUT2D eigenvalue weighted by atomic mass is 19.1. The van der Waals surface area contributed by atoms with Crippen LogP contribution < -0.4 is 5.32 Å². The molecule has 1 fully saturated rings. The molecular formula is C9H11FN2. The average Bonchev–Trinajstić information content (AvgIpc) is 1.93. The van der Waals surface area contributed by atoms with Crippen LogP contribution in [0.25, 0.3) is 0 Å². The van der Waals surface area contributed by atoms with Gasteiger partial charge in [0.05, 0.1) is 0 Å². The van der Waals surface area contributed by atoms with Gasteiger partial charge in [-0.1, -0.05) is 0 Å². The SMILES string of the molecule is Cc1cnc(F)c([C@@H]2CCN2)c1. The maximum Gasteiger partial charge on any atom is 0.217 e. The van der Waals surface area contributed by atoms with E-state index in [0.29, 0.717) is 5.56 Å². The van der Waals surface area contributed by atoms with E-state index >= 15 is 0 Å². The fraction of sp³-hybridized carbons (Fsp3) is 0.444. The number of pyridine rings is 1. The Hall–Kier alpha value is -0.960. The van der Waals surface area contributed by atoms with Gasteiger partial charge in [-0.2, -0.15) is 4.39 Å². The summed E-state index contributed by atoms with van der Waals surface area (Å²) in [5.74, 6) is -0.335. The Kier molecular flexibility index (Phi) is 1.81. The molecule has 1 aromatic heterocycles. The summed E-state index contributed by atoms with van der Waals surface area (Å²) in [6.45, 7) is 2.91. The third-order valence-electron chi connectivity index (χ3n) is 2.20. The molecule has 0 radical (unpaired) electrons. The molecule has 0 amide bonds. The molecule has 1 N–H and O–H groups in total. The number of rotatable bonds is 1. The molecular weight excluding hydrogens is 155 g/mol. The van der Waals surface area contributed by atoms with Gasteiger partial charge in [-0.3, -0.25) is 0 Å². The molecule has 1 aliphatic heterocycles. The van der Waals surface area contributed by atoms with E-state index in [9.17, 15) is 4.39 Å². The molecule has 0 aromatic carbocycles. The van der Waals surface area contributed by atoms with Crippen LogP contribution in [0.1, 0.15) is 23.6 Å². The van der Waals surface area contributed by atoms with Gasteiger partial charge in [-0.15, -0.1) is 0 Å². The minimum absolute atomic E-state index is 0.192. The number of nitrogens with one attached hydrogen (secondary N) is 1. The van der Waals surface area contributed by atoms with Crippen molar-refractivity contribution in [1.82, 2.24) is 10.3 Å². The molecule has 2 heterocycles. The van der Waals surface area contributed by atoms with Gasteiger partial charge in [-0.25, -0.2) is 4.98 Å². The summed E-state index contributed by atoms with van der Waals surface area (Å²) >= 11 is 0. The van der Waals surface area contributed by atoms with E-state index in [1.54, 1.807) is 6.20 Å². The van der Waals surface area contributed by atoms with Crippen molar-refractivity contribution >= 4 is 0 Å². The lowest BCUT2D eigenvalue weighted by Gasteiger charge is -2.27. The molecule has 64 valence electrons. The van der Waals surface area contributed by atoms with Crippen molar-refractivity contribution in [2.24, 2.45) is 0 Å². The van der Waals surface area contributed by atoms with Crippen molar-refractivity contribution in [2.45, 2.75) is 19.4 Å². The number of hydrogen-bond acceptors (Lipinski definition) is 2. The van der Waals surface area contributed by atoms with Crippen LogP contribution in [0.15, 0.2) is 12.3 Å². The zero-order valence-corrected chi connectivity index (χ0v) is 6.97. The van der Waals surface area contributed by atoms with Crippen LogP contribution in [0.4, 0.5) is 4.39 Å². The maximum atomic E-state index is 13.1. The molecule has 2 rings (SSSR count). The van der Waals surface area contributed by atoms with Crippen molar-refractivity contribution in [2.75, 3.05) is 6.54 Å². The average molecular weight is 166 g/mol. The first-order valence-corrected chi connectivity index (χ1v) is 4.13. The molecule has 3 heteroatoms. The highest BCUT2D eigenvalue weighted by molar-refractivity contribution is 5.23. The lowest BCUT2D eigenvalue weighted by molar-refractivity contribution is 0.365. The van der Waals surface area contributed by atoms with Gasteiger partial charge >= 0.3 is 0 Å². The van der Waals surface area contributed by atoms with E-state index in [1.165, 1.54) is 0 Å². The second-order valence-electron chi connectivity index (χ2n) is 3.19. The highest BCUT2D eigenvalue weighted by Gasteiger charge is 2.22. The molecule has 2 nitrogen and oxygen atoms in total. The van der Waals surface area contributed by atoms with Gasteiger partial charge in [0, 0.05) is 17.8 Å². The number of hydrogen-bond donors (Lipinski definition) is 1. The summed E-state index contributed by atoms with van der Waals surface area (Å²) in [4.78, 5) is 3.67. The molecule has 1 saturated heterocycles. The predicted molar refractivity (Wildman–Crippen MR) is 44.3 cm³/mol. The molecule has 12 heavy (non-hydrogen) atoms. The Morgan fingerprint density at radius 3 is 3.00 bits per heavy atom. The van der Waals surface area contributed by atoms with Crippen molar-refractivity contribution < 1.29 is 4.39 Å². The predicted octanol–water partition coefficient (Wildman–Crippen LogP) is 1.56. The van der Waals surface area contributed by atoms with Crippen molar-refractivity contribution in [3.05, 3.63) is 29.3 Å². The van der Waals surface area contributed by atoms with Crippen molar-refractivity contribution in [1.29, 1.82) is 0 Å². The van der Waals surface area contributed by atoms with Crippen molar-refractivity contribution in [3.63, 3.8) is 0 Å². The minimum Gasteiger partial charge on any atom is -0.310 e. The molecule has 0 aliphatic carbocycles. The van der Waals surface area contributed by atoms with E-state index in [0.717, 1.165) is 18.5 Å². The lowest BCUT2D eigenvalue weighted by Crippen LogP contribution is -2.35. The Morgan fingerprint density at radius 1 is 1.67 bits per heavy atom. The Morgan fingerprint density at radius 2 is 2.42 bits per heavy atom. The van der Waals surface area contributed by atoms with E-state index in [4.69, 9.17) is 0 Å². The number of aromatic nitrogens is 1. The molecule has 0 spiro atoms. The molecule has 1 aromatic rings. The van der Waals surface area contributed by atoms with Crippen LogP contribution in [-0.2, 0) is 0 Å². The summed E-state index contributed by atoms with van der Waals surface area (Å²) in [6, 6.07) is 2.05. The summed E-state index contributed by atoms with van der Waals surface area (Å²) < 4.78 is 13.1. The molecule has 1 atom stereocenters. The van der Waals surface area contributed by atoms with Gasteiger partial charge in [0.15, 0.2) is 0 Å². The van der Waals surface area contributed by atoms with Crippen LogP contribution >= 0.6 is 0 Å². The third kappa shape index (κ3) is 1.20. The summed E-state index contributed by atoms with van der Waals surface area (Å²) in [7, 11) is 0. The first-order chi connectivity index (χ1) is 5.77. The fourth-order valence-electron chi connectivity index (χ4n) is 1.37. The fourth-order valence-corrected chi connectivity index (χ4v) is 1.37. The highest BCUT2D eigenvalue weighted by Crippen LogP contribution is 2.24. The number of nitrogens with zero attached hydrogens (tertiary/aromatic N) is 1. The van der Waals surface area contributed by atoms with Crippen LogP contribution in [0.3, 0.4) is 0 Å². The van der Waals surface area contributed by atoms with Crippen LogP contribution in [0.5, 0.6) is 0 Å². The lowest BCUT2D eigenvalue weighted by atomic mass is 9.98. The monoisotopic (exact) mass is 166 g/mol. The van der Waals surface area contributed by atoms with Gasteiger partial charge in [-0.05, 0) is 31.5 Å². The summed E-state index contributed by atoms with van der Waals surface area (Å²) in [5, 5.41) is 3.15. The second-order valence-corrected chi connectivity index (χ2v) is 3.19. The smallest absolute Gasteiger partial charge is 0.217 e. The first kappa shape index (κ1) is 7.68. The Bertz CT molecular complexity index is 295. The Labute approximate surface area is 70.8 Å². The molecule has 0 unspecified atom stereocenters. The van der Waals surface area contributed by atoms with E-state index < -0.39 is 0 Å². The quantitative estimate of drug-likeness (QED) is 0.640. The van der Waals surface area contributed by atoms with Gasteiger partial charge in [0.25, 0.3) is 0 Å². The van der Waals surface area contributed by atoms with Gasteiger partial charge in [0.1, 0.15) is 0 Å². The molecule has 0 bridgehead atoms.